The number of hydrogen-bond acceptors (Lipinski definition) is 3. The summed E-state index contributed by atoms with van der Waals surface area (Å²) in [5.41, 5.74) is 1.73. The number of rotatable bonds is 4. The maximum atomic E-state index is 12.9. The highest BCUT2D eigenvalue weighted by atomic mass is 16.2. The molecule has 6 nitrogen and oxygen atoms in total. The van der Waals surface area contributed by atoms with Crippen LogP contribution in [0.25, 0.3) is 5.69 Å². The van der Waals surface area contributed by atoms with Gasteiger partial charge in [0.15, 0.2) is 0 Å². The SMILES string of the molecule is O=C(c1ccc(-n2ccnc2)cc1)N1CCC[C@H]1Cn1cccn1. The van der Waals surface area contributed by atoms with Crippen LogP contribution in [-0.4, -0.2) is 42.7 Å². The Morgan fingerprint density at radius 2 is 2.04 bits per heavy atom. The van der Waals surface area contributed by atoms with Crippen LogP contribution in [0.3, 0.4) is 0 Å². The zero-order valence-electron chi connectivity index (χ0n) is 13.3. The summed E-state index contributed by atoms with van der Waals surface area (Å²) < 4.78 is 3.82. The van der Waals surface area contributed by atoms with Crippen molar-refractivity contribution in [2.75, 3.05) is 6.54 Å². The lowest BCUT2D eigenvalue weighted by atomic mass is 10.1. The Bertz CT molecular complexity index is 793. The predicted molar refractivity (Wildman–Crippen MR) is 89.8 cm³/mol. The number of hydrogen-bond donors (Lipinski definition) is 0. The van der Waals surface area contributed by atoms with Gasteiger partial charge in [-0.05, 0) is 43.2 Å². The molecular weight excluding hydrogens is 302 g/mol. The van der Waals surface area contributed by atoms with Crippen LogP contribution in [0.5, 0.6) is 0 Å². The topological polar surface area (TPSA) is 56.0 Å². The highest BCUT2D eigenvalue weighted by Crippen LogP contribution is 2.22. The van der Waals surface area contributed by atoms with Gasteiger partial charge in [0.05, 0.1) is 18.9 Å². The zero-order chi connectivity index (χ0) is 16.4. The van der Waals surface area contributed by atoms with Crippen molar-refractivity contribution < 1.29 is 4.79 Å². The van der Waals surface area contributed by atoms with Crippen molar-refractivity contribution in [2.24, 2.45) is 0 Å². The van der Waals surface area contributed by atoms with Crippen molar-refractivity contribution in [3.05, 3.63) is 67.0 Å². The number of aromatic nitrogens is 4. The maximum Gasteiger partial charge on any atom is 0.254 e. The van der Waals surface area contributed by atoms with Gasteiger partial charge in [0.25, 0.3) is 5.91 Å². The molecular formula is C18H19N5O. The molecule has 0 bridgehead atoms. The first-order valence-electron chi connectivity index (χ1n) is 8.18. The van der Waals surface area contributed by atoms with Gasteiger partial charge in [-0.1, -0.05) is 0 Å². The van der Waals surface area contributed by atoms with Crippen LogP contribution >= 0.6 is 0 Å². The number of benzene rings is 1. The van der Waals surface area contributed by atoms with Crippen molar-refractivity contribution in [3.8, 4) is 5.69 Å². The van der Waals surface area contributed by atoms with Gasteiger partial charge in [-0.2, -0.15) is 5.10 Å². The van der Waals surface area contributed by atoms with E-state index in [0.29, 0.717) is 0 Å². The van der Waals surface area contributed by atoms with Gasteiger partial charge in [0.1, 0.15) is 0 Å². The Kier molecular flexibility index (Phi) is 3.86. The molecule has 1 saturated heterocycles. The van der Waals surface area contributed by atoms with Crippen LogP contribution in [0.15, 0.2) is 61.4 Å². The molecule has 0 radical (unpaired) electrons. The van der Waals surface area contributed by atoms with Crippen molar-refractivity contribution in [3.63, 3.8) is 0 Å². The van der Waals surface area contributed by atoms with E-state index in [1.807, 2.05) is 56.9 Å². The maximum absolute atomic E-state index is 12.9. The summed E-state index contributed by atoms with van der Waals surface area (Å²) in [7, 11) is 0. The molecule has 6 heteroatoms. The molecule has 0 N–H and O–H groups in total. The molecule has 1 amide bonds. The van der Waals surface area contributed by atoms with E-state index in [1.165, 1.54) is 0 Å². The molecule has 2 aromatic heterocycles. The first kappa shape index (κ1) is 14.7. The Morgan fingerprint density at radius 3 is 2.75 bits per heavy atom. The second-order valence-electron chi connectivity index (χ2n) is 6.04. The standard InChI is InChI=1S/C18H19N5O/c24-18(15-4-6-16(7-5-15)21-12-9-19-14-21)23-11-1-3-17(23)13-22-10-2-8-20-22/h2,4-10,12,14,17H,1,3,11,13H2/t17-/m0/s1. The number of carbonyl (C=O) groups excluding carboxylic acids is 1. The second kappa shape index (κ2) is 6.31. The molecule has 1 atom stereocenters. The molecule has 1 aliphatic heterocycles. The Labute approximate surface area is 140 Å². The normalized spacial score (nSPS) is 17.3. The van der Waals surface area contributed by atoms with E-state index in [1.54, 1.807) is 18.7 Å². The van der Waals surface area contributed by atoms with Gasteiger partial charge < -0.3 is 9.47 Å². The fourth-order valence-corrected chi connectivity index (χ4v) is 3.27. The molecule has 1 aromatic carbocycles. The van der Waals surface area contributed by atoms with Crippen molar-refractivity contribution in [1.82, 2.24) is 24.2 Å². The quantitative estimate of drug-likeness (QED) is 0.741. The minimum atomic E-state index is 0.0989. The summed E-state index contributed by atoms with van der Waals surface area (Å²) >= 11 is 0. The number of amides is 1. The van der Waals surface area contributed by atoms with Gasteiger partial charge in [-0.3, -0.25) is 9.48 Å². The predicted octanol–water partition coefficient (Wildman–Crippen LogP) is 2.37. The van der Waals surface area contributed by atoms with Crippen molar-refractivity contribution in [1.29, 1.82) is 0 Å². The van der Waals surface area contributed by atoms with Crippen LogP contribution in [0, 0.1) is 0 Å². The molecule has 0 spiro atoms. The molecule has 1 aliphatic rings. The van der Waals surface area contributed by atoms with E-state index in [9.17, 15) is 4.79 Å². The van der Waals surface area contributed by atoms with E-state index < -0.39 is 0 Å². The van der Waals surface area contributed by atoms with Gasteiger partial charge in [0.2, 0.25) is 0 Å². The largest absolute Gasteiger partial charge is 0.334 e. The second-order valence-corrected chi connectivity index (χ2v) is 6.04. The summed E-state index contributed by atoms with van der Waals surface area (Å²) in [6.45, 7) is 1.57. The lowest BCUT2D eigenvalue weighted by Crippen LogP contribution is -2.38. The smallest absolute Gasteiger partial charge is 0.254 e. The molecule has 4 rings (SSSR count). The van der Waals surface area contributed by atoms with Crippen LogP contribution < -0.4 is 0 Å². The molecule has 0 aliphatic carbocycles. The average molecular weight is 321 g/mol. The zero-order valence-corrected chi connectivity index (χ0v) is 13.3. The van der Waals surface area contributed by atoms with Gasteiger partial charge >= 0.3 is 0 Å². The van der Waals surface area contributed by atoms with E-state index in [4.69, 9.17) is 0 Å². The summed E-state index contributed by atoms with van der Waals surface area (Å²) in [5.74, 6) is 0.0989. The van der Waals surface area contributed by atoms with E-state index in [-0.39, 0.29) is 11.9 Å². The van der Waals surface area contributed by atoms with Crippen LogP contribution in [0.1, 0.15) is 23.2 Å². The van der Waals surface area contributed by atoms with Gasteiger partial charge in [-0.15, -0.1) is 0 Å². The molecule has 3 heterocycles. The summed E-state index contributed by atoms with van der Waals surface area (Å²) in [6, 6.07) is 9.81. The lowest BCUT2D eigenvalue weighted by molar-refractivity contribution is 0.0721. The fourth-order valence-electron chi connectivity index (χ4n) is 3.27. The third-order valence-corrected chi connectivity index (χ3v) is 4.51. The van der Waals surface area contributed by atoms with E-state index in [2.05, 4.69) is 10.1 Å². The van der Waals surface area contributed by atoms with E-state index >= 15 is 0 Å². The summed E-state index contributed by atoms with van der Waals surface area (Å²) in [5, 5.41) is 4.26. The third-order valence-electron chi connectivity index (χ3n) is 4.51. The molecule has 3 aromatic rings. The van der Waals surface area contributed by atoms with E-state index in [0.717, 1.165) is 37.2 Å². The number of likely N-dealkylation sites (tertiary alicyclic amines) is 1. The summed E-state index contributed by atoms with van der Waals surface area (Å²) in [4.78, 5) is 18.9. The first-order chi connectivity index (χ1) is 11.8. The monoisotopic (exact) mass is 321 g/mol. The average Bonchev–Trinajstić information content (AvgIpc) is 3.37. The number of imidazole rings is 1. The Hall–Kier alpha value is -2.89. The Morgan fingerprint density at radius 1 is 1.17 bits per heavy atom. The molecule has 24 heavy (non-hydrogen) atoms. The van der Waals surface area contributed by atoms with Crippen LogP contribution in [0.2, 0.25) is 0 Å². The molecule has 122 valence electrons. The van der Waals surface area contributed by atoms with Crippen LogP contribution in [0.4, 0.5) is 0 Å². The highest BCUT2D eigenvalue weighted by Gasteiger charge is 2.29. The number of carbonyl (C=O) groups is 1. The van der Waals surface area contributed by atoms with Crippen LogP contribution in [-0.2, 0) is 6.54 Å². The van der Waals surface area contributed by atoms with Crippen molar-refractivity contribution >= 4 is 5.91 Å². The molecule has 0 saturated carbocycles. The molecule has 0 unspecified atom stereocenters. The third kappa shape index (κ3) is 2.82. The summed E-state index contributed by atoms with van der Waals surface area (Å²) in [6.07, 6.45) is 11.2. The molecule has 1 fully saturated rings. The first-order valence-corrected chi connectivity index (χ1v) is 8.18. The Balaban J connectivity index is 1.50. The minimum absolute atomic E-state index is 0.0989. The van der Waals surface area contributed by atoms with Crippen molar-refractivity contribution in [2.45, 2.75) is 25.4 Å². The van der Waals surface area contributed by atoms with Gasteiger partial charge in [0, 0.05) is 42.6 Å². The highest BCUT2D eigenvalue weighted by molar-refractivity contribution is 5.94. The lowest BCUT2D eigenvalue weighted by Gasteiger charge is -2.25. The minimum Gasteiger partial charge on any atom is -0.334 e. The number of nitrogens with zero attached hydrogens (tertiary/aromatic N) is 5. The fraction of sp³-hybridized carbons (Fsp3) is 0.278. The van der Waals surface area contributed by atoms with Gasteiger partial charge in [-0.25, -0.2) is 4.98 Å².